The third-order valence-corrected chi connectivity index (χ3v) is 4.36. The molecule has 0 radical (unpaired) electrons. The molecule has 1 aromatic carbocycles. The molecule has 0 aliphatic heterocycles. The second-order valence-corrected chi connectivity index (χ2v) is 6.05. The Hall–Kier alpha value is -1.88. The lowest BCUT2D eigenvalue weighted by atomic mass is 10.2. The normalized spacial score (nSPS) is 14.0. The zero-order valence-corrected chi connectivity index (χ0v) is 13.1. The van der Waals surface area contributed by atoms with Gasteiger partial charge in [-0.25, -0.2) is 4.98 Å². The number of hydrogen-bond donors (Lipinski definition) is 1. The van der Waals surface area contributed by atoms with Crippen LogP contribution in [0.2, 0.25) is 0 Å². The lowest BCUT2D eigenvalue weighted by molar-refractivity contribution is 0.0725. The molecule has 1 aliphatic rings. The maximum atomic E-state index is 12.7. The molecule has 0 unspecified atom stereocenters. The molecule has 1 aliphatic carbocycles. The van der Waals surface area contributed by atoms with Crippen molar-refractivity contribution in [3.63, 3.8) is 0 Å². The summed E-state index contributed by atoms with van der Waals surface area (Å²) in [6.45, 7) is 0.570. The summed E-state index contributed by atoms with van der Waals surface area (Å²) in [7, 11) is 0. The van der Waals surface area contributed by atoms with E-state index < -0.39 is 0 Å². The van der Waals surface area contributed by atoms with Gasteiger partial charge in [0.25, 0.3) is 5.91 Å². The molecule has 2 aromatic rings. The highest BCUT2D eigenvalue weighted by molar-refractivity contribution is 9.10. The summed E-state index contributed by atoms with van der Waals surface area (Å²) in [6.07, 6.45) is 3.69. The lowest BCUT2D eigenvalue weighted by Gasteiger charge is -2.23. The summed E-state index contributed by atoms with van der Waals surface area (Å²) in [4.78, 5) is 18.8. The van der Waals surface area contributed by atoms with E-state index in [0.29, 0.717) is 24.0 Å². The lowest BCUT2D eigenvalue weighted by Crippen LogP contribution is -2.33. The number of rotatable bonds is 4. The van der Waals surface area contributed by atoms with Crippen molar-refractivity contribution >= 4 is 27.5 Å². The molecule has 1 aromatic heterocycles. The average molecular weight is 346 g/mol. The van der Waals surface area contributed by atoms with Crippen LogP contribution in [0, 0.1) is 0 Å². The number of aromatic nitrogens is 1. The van der Waals surface area contributed by atoms with Crippen molar-refractivity contribution in [1.82, 2.24) is 9.88 Å². The number of amides is 1. The number of carbonyl (C=O) groups is 1. The maximum Gasteiger partial charge on any atom is 0.275 e. The van der Waals surface area contributed by atoms with Crippen molar-refractivity contribution < 1.29 is 4.79 Å². The molecule has 21 heavy (non-hydrogen) atoms. The van der Waals surface area contributed by atoms with Gasteiger partial charge in [-0.1, -0.05) is 34.1 Å². The zero-order valence-electron chi connectivity index (χ0n) is 11.5. The Morgan fingerprint density at radius 1 is 1.29 bits per heavy atom. The topological polar surface area (TPSA) is 59.2 Å². The first kappa shape index (κ1) is 14.1. The highest BCUT2D eigenvalue weighted by Gasteiger charge is 2.34. The van der Waals surface area contributed by atoms with E-state index in [-0.39, 0.29) is 5.91 Å². The minimum Gasteiger partial charge on any atom is -0.397 e. The number of halogens is 1. The monoisotopic (exact) mass is 345 g/mol. The van der Waals surface area contributed by atoms with E-state index in [9.17, 15) is 4.79 Å². The number of anilines is 1. The van der Waals surface area contributed by atoms with Gasteiger partial charge < -0.3 is 10.6 Å². The van der Waals surface area contributed by atoms with Crippen LogP contribution in [0.4, 0.5) is 5.69 Å². The Balaban J connectivity index is 1.87. The van der Waals surface area contributed by atoms with E-state index in [1.807, 2.05) is 29.2 Å². The van der Waals surface area contributed by atoms with Crippen LogP contribution < -0.4 is 5.73 Å². The van der Waals surface area contributed by atoms with Gasteiger partial charge in [0.15, 0.2) is 5.69 Å². The fraction of sp³-hybridized carbons (Fsp3) is 0.250. The first-order chi connectivity index (χ1) is 10.2. The molecule has 3 rings (SSSR count). The van der Waals surface area contributed by atoms with Crippen molar-refractivity contribution in [1.29, 1.82) is 0 Å². The summed E-state index contributed by atoms with van der Waals surface area (Å²) in [6, 6.07) is 11.7. The van der Waals surface area contributed by atoms with Gasteiger partial charge in [-0.15, -0.1) is 0 Å². The fourth-order valence-corrected chi connectivity index (χ4v) is 2.71. The van der Waals surface area contributed by atoms with Crippen molar-refractivity contribution in [2.24, 2.45) is 0 Å². The Bertz CT molecular complexity index is 670. The first-order valence-corrected chi connectivity index (χ1v) is 7.71. The average Bonchev–Trinajstić information content (AvgIpc) is 3.31. The molecule has 0 bridgehead atoms. The molecule has 0 atom stereocenters. The summed E-state index contributed by atoms with van der Waals surface area (Å²) in [5.41, 5.74) is 7.75. The predicted octanol–water partition coefficient (Wildman–Crippen LogP) is 3.23. The highest BCUT2D eigenvalue weighted by Crippen LogP contribution is 2.31. The van der Waals surface area contributed by atoms with Crippen molar-refractivity contribution in [2.45, 2.75) is 25.4 Å². The van der Waals surface area contributed by atoms with Crippen LogP contribution in [0.5, 0.6) is 0 Å². The summed E-state index contributed by atoms with van der Waals surface area (Å²) in [5.74, 6) is -0.0913. The first-order valence-electron chi connectivity index (χ1n) is 6.91. The van der Waals surface area contributed by atoms with E-state index >= 15 is 0 Å². The second-order valence-electron chi connectivity index (χ2n) is 5.20. The third-order valence-electron chi connectivity index (χ3n) is 3.59. The molecule has 0 saturated heterocycles. The molecule has 5 heteroatoms. The van der Waals surface area contributed by atoms with Gasteiger partial charge in [0.1, 0.15) is 0 Å². The minimum absolute atomic E-state index is 0.0913. The van der Waals surface area contributed by atoms with Crippen LogP contribution in [-0.2, 0) is 6.54 Å². The van der Waals surface area contributed by atoms with Gasteiger partial charge in [0, 0.05) is 23.3 Å². The molecule has 1 amide bonds. The number of benzene rings is 1. The number of nitrogens with zero attached hydrogens (tertiary/aromatic N) is 2. The van der Waals surface area contributed by atoms with Gasteiger partial charge in [-0.3, -0.25) is 4.79 Å². The summed E-state index contributed by atoms with van der Waals surface area (Å²) < 4.78 is 1.01. The van der Waals surface area contributed by atoms with Crippen molar-refractivity contribution in [2.75, 3.05) is 5.73 Å². The summed E-state index contributed by atoms with van der Waals surface area (Å²) >= 11 is 3.54. The van der Waals surface area contributed by atoms with Gasteiger partial charge in [-0.2, -0.15) is 0 Å². The number of hydrogen-bond acceptors (Lipinski definition) is 3. The second kappa shape index (κ2) is 5.85. The van der Waals surface area contributed by atoms with Crippen LogP contribution in [0.25, 0.3) is 0 Å². The van der Waals surface area contributed by atoms with Gasteiger partial charge in [0.2, 0.25) is 0 Å². The van der Waals surface area contributed by atoms with Crippen LogP contribution >= 0.6 is 15.9 Å². The molecule has 4 nitrogen and oxygen atoms in total. The Morgan fingerprint density at radius 2 is 2.05 bits per heavy atom. The molecule has 1 fully saturated rings. The van der Waals surface area contributed by atoms with Crippen LogP contribution in [0.1, 0.15) is 28.9 Å². The molecular formula is C16H16BrN3O. The molecule has 0 spiro atoms. The Kier molecular flexibility index (Phi) is 3.92. The van der Waals surface area contributed by atoms with Crippen molar-refractivity contribution in [3.05, 3.63) is 58.3 Å². The van der Waals surface area contributed by atoms with Gasteiger partial charge in [0.05, 0.1) is 5.69 Å². The Labute approximate surface area is 132 Å². The SMILES string of the molecule is Nc1cccnc1C(=O)N(Cc1ccccc1Br)C1CC1. The maximum absolute atomic E-state index is 12.7. The molecule has 2 N–H and O–H groups in total. The van der Waals surface area contributed by atoms with Gasteiger partial charge >= 0.3 is 0 Å². The van der Waals surface area contributed by atoms with Crippen LogP contribution in [0.3, 0.4) is 0 Å². The predicted molar refractivity (Wildman–Crippen MR) is 85.7 cm³/mol. The number of carbonyl (C=O) groups excluding carboxylic acids is 1. The van der Waals surface area contributed by atoms with E-state index in [1.54, 1.807) is 18.3 Å². The smallest absolute Gasteiger partial charge is 0.275 e. The quantitative estimate of drug-likeness (QED) is 0.925. The fourth-order valence-electron chi connectivity index (χ4n) is 2.30. The molecule has 1 saturated carbocycles. The molecule has 108 valence electrons. The number of nitrogens with two attached hydrogens (primary N) is 1. The van der Waals surface area contributed by atoms with Crippen LogP contribution in [0.15, 0.2) is 47.1 Å². The summed E-state index contributed by atoms with van der Waals surface area (Å²) in [5, 5.41) is 0. The van der Waals surface area contributed by atoms with Gasteiger partial charge in [-0.05, 0) is 36.6 Å². The van der Waals surface area contributed by atoms with E-state index in [0.717, 1.165) is 22.9 Å². The third kappa shape index (κ3) is 3.08. The largest absolute Gasteiger partial charge is 0.397 e. The molecular weight excluding hydrogens is 330 g/mol. The minimum atomic E-state index is -0.0913. The number of nitrogen functional groups attached to an aromatic ring is 1. The molecule has 1 heterocycles. The van der Waals surface area contributed by atoms with E-state index in [2.05, 4.69) is 20.9 Å². The van der Waals surface area contributed by atoms with Crippen LogP contribution in [-0.4, -0.2) is 21.8 Å². The standard InChI is InChI=1S/C16H16BrN3O/c17-13-5-2-1-4-11(13)10-20(12-7-8-12)16(21)15-14(18)6-3-9-19-15/h1-6,9,12H,7-8,10,18H2. The number of pyridine rings is 1. The van der Waals surface area contributed by atoms with E-state index in [1.165, 1.54) is 0 Å². The van der Waals surface area contributed by atoms with E-state index in [4.69, 9.17) is 5.73 Å². The van der Waals surface area contributed by atoms with Crippen molar-refractivity contribution in [3.8, 4) is 0 Å². The highest BCUT2D eigenvalue weighted by atomic mass is 79.9. The Morgan fingerprint density at radius 3 is 2.71 bits per heavy atom. The zero-order chi connectivity index (χ0) is 14.8.